The number of hydrogen-bond donors (Lipinski definition) is 1. The maximum Gasteiger partial charge on any atom is 0.223 e. The van der Waals surface area contributed by atoms with E-state index in [0.717, 1.165) is 67.4 Å². The monoisotopic (exact) mass is 427 g/mol. The van der Waals surface area contributed by atoms with E-state index in [2.05, 4.69) is 28.9 Å². The first-order chi connectivity index (χ1) is 14.4. The number of carbonyl (C=O) groups is 1. The van der Waals surface area contributed by atoms with Crippen LogP contribution in [0.1, 0.15) is 36.1 Å². The molecule has 0 bridgehead atoms. The molecule has 1 fully saturated rings. The number of halogens is 1. The topological polar surface area (TPSA) is 47.0 Å². The Morgan fingerprint density at radius 2 is 1.83 bits per heavy atom. The van der Waals surface area contributed by atoms with Crippen LogP contribution < -0.4 is 9.80 Å². The van der Waals surface area contributed by atoms with Crippen LogP contribution in [0.3, 0.4) is 0 Å². The third-order valence-corrected chi connectivity index (χ3v) is 6.54. The molecule has 0 spiro atoms. The molecule has 2 aliphatic rings. The minimum absolute atomic E-state index is 0.0806. The third-order valence-electron chi connectivity index (χ3n) is 6.30. The summed E-state index contributed by atoms with van der Waals surface area (Å²) in [6.07, 6.45) is 1.40. The lowest BCUT2D eigenvalue weighted by Crippen LogP contribution is -2.47. The predicted molar refractivity (Wildman–Crippen MR) is 123 cm³/mol. The molecule has 2 heterocycles. The van der Waals surface area contributed by atoms with E-state index in [0.29, 0.717) is 6.54 Å². The summed E-state index contributed by atoms with van der Waals surface area (Å²) in [5.41, 5.74) is 5.53. The molecule has 2 aliphatic heterocycles. The number of nitrogens with zero attached hydrogens (tertiary/aromatic N) is 3. The molecule has 0 saturated carbocycles. The van der Waals surface area contributed by atoms with E-state index in [1.807, 2.05) is 29.2 Å². The fraction of sp³-hybridized carbons (Fsp3) is 0.458. The van der Waals surface area contributed by atoms with Crippen molar-refractivity contribution in [2.45, 2.75) is 32.8 Å². The lowest BCUT2D eigenvalue weighted by Gasteiger charge is -2.37. The Balaban J connectivity index is 1.38. The number of aliphatic hydroxyl groups excluding tert-OH is 1. The van der Waals surface area contributed by atoms with Crippen molar-refractivity contribution in [1.29, 1.82) is 0 Å². The number of anilines is 2. The molecule has 1 saturated heterocycles. The molecule has 1 unspecified atom stereocenters. The smallest absolute Gasteiger partial charge is 0.223 e. The number of rotatable bonds is 4. The van der Waals surface area contributed by atoms with Crippen molar-refractivity contribution in [3.8, 4) is 0 Å². The van der Waals surface area contributed by atoms with E-state index < -0.39 is 6.10 Å². The van der Waals surface area contributed by atoms with E-state index in [9.17, 15) is 9.90 Å². The van der Waals surface area contributed by atoms with Crippen molar-refractivity contribution < 1.29 is 9.90 Å². The van der Waals surface area contributed by atoms with Gasteiger partial charge in [0.15, 0.2) is 0 Å². The Hall–Kier alpha value is -2.08. The van der Waals surface area contributed by atoms with Crippen LogP contribution in [0.15, 0.2) is 36.4 Å². The van der Waals surface area contributed by atoms with Gasteiger partial charge in [-0.2, -0.15) is 0 Å². The van der Waals surface area contributed by atoms with Crippen LogP contribution in [-0.2, 0) is 11.2 Å². The number of β-amino-alcohol motifs (C(OH)–C–C–N with tert-alkyl or cyclic N) is 1. The van der Waals surface area contributed by atoms with E-state index in [1.165, 1.54) is 11.3 Å². The first kappa shape index (κ1) is 21.2. The van der Waals surface area contributed by atoms with Crippen LogP contribution in [0.25, 0.3) is 0 Å². The number of aryl methyl sites for hydroxylation is 2. The van der Waals surface area contributed by atoms with Crippen LogP contribution in [0.2, 0.25) is 5.02 Å². The highest BCUT2D eigenvalue weighted by atomic mass is 35.5. The number of piperazine rings is 1. The van der Waals surface area contributed by atoms with Gasteiger partial charge in [0.05, 0.1) is 6.10 Å². The van der Waals surface area contributed by atoms with E-state index in [4.69, 9.17) is 11.6 Å². The summed E-state index contributed by atoms with van der Waals surface area (Å²) in [5, 5.41) is 11.6. The van der Waals surface area contributed by atoms with Crippen molar-refractivity contribution in [2.24, 2.45) is 0 Å². The number of amides is 1. The number of aliphatic hydroxyl groups is 1. The molecular weight excluding hydrogens is 398 g/mol. The number of fused-ring (bicyclic) bond motifs is 1. The molecular formula is C24H30ClN3O2. The zero-order valence-electron chi connectivity index (χ0n) is 17.8. The molecule has 6 heteroatoms. The molecule has 4 rings (SSSR count). The van der Waals surface area contributed by atoms with Gasteiger partial charge in [-0.1, -0.05) is 29.8 Å². The van der Waals surface area contributed by atoms with Crippen LogP contribution in [0.5, 0.6) is 0 Å². The fourth-order valence-corrected chi connectivity index (χ4v) is 4.76. The third kappa shape index (κ3) is 4.48. The minimum atomic E-state index is -0.525. The van der Waals surface area contributed by atoms with Crippen LogP contribution >= 0.6 is 11.6 Å². The average Bonchev–Trinajstić information content (AvgIpc) is 2.75. The van der Waals surface area contributed by atoms with Gasteiger partial charge in [-0.3, -0.25) is 9.69 Å². The maximum atomic E-state index is 11.9. The van der Waals surface area contributed by atoms with Gasteiger partial charge in [0, 0.05) is 62.6 Å². The van der Waals surface area contributed by atoms with Gasteiger partial charge in [0.1, 0.15) is 0 Å². The van der Waals surface area contributed by atoms with Gasteiger partial charge in [-0.25, -0.2) is 0 Å². The minimum Gasteiger partial charge on any atom is -0.387 e. The molecule has 0 aromatic heterocycles. The zero-order valence-corrected chi connectivity index (χ0v) is 18.5. The second-order valence-electron chi connectivity index (χ2n) is 8.40. The largest absolute Gasteiger partial charge is 0.387 e. The van der Waals surface area contributed by atoms with Gasteiger partial charge in [-0.15, -0.1) is 0 Å². The van der Waals surface area contributed by atoms with Crippen molar-refractivity contribution in [2.75, 3.05) is 49.1 Å². The molecule has 2 aromatic carbocycles. The van der Waals surface area contributed by atoms with E-state index in [-0.39, 0.29) is 5.91 Å². The lowest BCUT2D eigenvalue weighted by molar-refractivity contribution is -0.116. The molecule has 0 radical (unpaired) electrons. The quantitative estimate of drug-likeness (QED) is 0.806. The highest BCUT2D eigenvalue weighted by Crippen LogP contribution is 2.31. The summed E-state index contributed by atoms with van der Waals surface area (Å²) in [6, 6.07) is 12.1. The van der Waals surface area contributed by atoms with E-state index >= 15 is 0 Å². The first-order valence-corrected chi connectivity index (χ1v) is 11.1. The van der Waals surface area contributed by atoms with Crippen LogP contribution in [-0.4, -0.2) is 55.2 Å². The Labute approximate surface area is 183 Å². The predicted octanol–water partition coefficient (Wildman–Crippen LogP) is 3.80. The molecule has 160 valence electrons. The summed E-state index contributed by atoms with van der Waals surface area (Å²) in [7, 11) is 0. The fourth-order valence-electron chi connectivity index (χ4n) is 4.60. The second-order valence-corrected chi connectivity index (χ2v) is 8.83. The highest BCUT2D eigenvalue weighted by molar-refractivity contribution is 6.30. The Kier molecular flexibility index (Phi) is 6.32. The molecule has 1 amide bonds. The Morgan fingerprint density at radius 3 is 2.57 bits per heavy atom. The molecule has 2 aromatic rings. The van der Waals surface area contributed by atoms with Crippen molar-refractivity contribution in [1.82, 2.24) is 4.90 Å². The molecule has 0 aliphatic carbocycles. The number of carbonyl (C=O) groups excluding carboxylic acids is 1. The molecule has 5 nitrogen and oxygen atoms in total. The zero-order chi connectivity index (χ0) is 21.3. The summed E-state index contributed by atoms with van der Waals surface area (Å²) in [4.78, 5) is 18.4. The number of benzene rings is 2. The lowest BCUT2D eigenvalue weighted by atomic mass is 9.97. The Bertz CT molecular complexity index is 925. The van der Waals surface area contributed by atoms with E-state index in [1.54, 1.807) is 6.92 Å². The van der Waals surface area contributed by atoms with Gasteiger partial charge in [0.2, 0.25) is 5.91 Å². The molecule has 30 heavy (non-hydrogen) atoms. The standard InChI is InChI=1S/C24H30ClN3O2/c1-17-5-7-21(25)15-23(17)27-12-10-26(11-13-27)16-24(30)20-6-8-22-19(14-20)4-3-9-28(22)18(2)29/h5-8,14-15,24,30H,3-4,9-13,16H2,1-2H3. The average molecular weight is 428 g/mol. The maximum absolute atomic E-state index is 11.9. The Morgan fingerprint density at radius 1 is 1.07 bits per heavy atom. The van der Waals surface area contributed by atoms with Crippen LogP contribution in [0.4, 0.5) is 11.4 Å². The first-order valence-electron chi connectivity index (χ1n) is 10.7. The van der Waals surface area contributed by atoms with Crippen molar-refractivity contribution in [3.63, 3.8) is 0 Å². The van der Waals surface area contributed by atoms with Gasteiger partial charge >= 0.3 is 0 Å². The SMILES string of the molecule is CC(=O)N1CCCc2cc(C(O)CN3CCN(c4cc(Cl)ccc4C)CC3)ccc21. The van der Waals surface area contributed by atoms with Gasteiger partial charge < -0.3 is 14.9 Å². The summed E-state index contributed by atoms with van der Waals surface area (Å²) < 4.78 is 0. The second kappa shape index (κ2) is 8.96. The van der Waals surface area contributed by atoms with Gasteiger partial charge in [0.25, 0.3) is 0 Å². The molecule has 1 atom stereocenters. The number of hydrogen-bond acceptors (Lipinski definition) is 4. The summed E-state index contributed by atoms with van der Waals surface area (Å²) in [6.45, 7) is 8.79. The summed E-state index contributed by atoms with van der Waals surface area (Å²) in [5.74, 6) is 0.0806. The summed E-state index contributed by atoms with van der Waals surface area (Å²) >= 11 is 6.19. The normalized spacial score (nSPS) is 18.3. The van der Waals surface area contributed by atoms with Crippen molar-refractivity contribution >= 4 is 28.9 Å². The van der Waals surface area contributed by atoms with Crippen molar-refractivity contribution in [3.05, 3.63) is 58.1 Å². The highest BCUT2D eigenvalue weighted by Gasteiger charge is 2.24. The van der Waals surface area contributed by atoms with Gasteiger partial charge in [-0.05, 0) is 54.7 Å². The van der Waals surface area contributed by atoms with Crippen LogP contribution in [0, 0.1) is 6.92 Å². The molecule has 1 N–H and O–H groups in total.